The molecule has 2 fully saturated rings. The Morgan fingerprint density at radius 1 is 1.02 bits per heavy atom. The molecule has 6 rings (SSSR count). The summed E-state index contributed by atoms with van der Waals surface area (Å²) in [6.45, 7) is 0.913. The van der Waals surface area contributed by atoms with Crippen molar-refractivity contribution in [3.8, 4) is 11.3 Å². The van der Waals surface area contributed by atoms with Gasteiger partial charge >= 0.3 is 0 Å². The molecule has 0 radical (unpaired) electrons. The number of amides is 4. The molecule has 1 atom stereocenters. The van der Waals surface area contributed by atoms with Gasteiger partial charge in [-0.1, -0.05) is 6.07 Å². The molecule has 41 heavy (non-hydrogen) atoms. The van der Waals surface area contributed by atoms with Gasteiger partial charge in [0.15, 0.2) is 5.82 Å². The predicted molar refractivity (Wildman–Crippen MR) is 145 cm³/mol. The Morgan fingerprint density at radius 3 is 2.61 bits per heavy atom. The first-order chi connectivity index (χ1) is 19.8. The van der Waals surface area contributed by atoms with Crippen molar-refractivity contribution in [2.45, 2.75) is 44.6 Å². The number of fused-ring (bicyclic) bond motifs is 1. The van der Waals surface area contributed by atoms with Gasteiger partial charge in [0, 0.05) is 43.5 Å². The topological polar surface area (TPSA) is 151 Å². The van der Waals surface area contributed by atoms with Crippen LogP contribution in [0.25, 0.3) is 11.3 Å². The molecule has 1 unspecified atom stereocenters. The zero-order valence-corrected chi connectivity index (χ0v) is 22.4. The molecule has 212 valence electrons. The number of rotatable bonds is 10. The van der Waals surface area contributed by atoms with Crippen LogP contribution in [0.5, 0.6) is 0 Å². The average molecular weight is 561 g/mol. The fraction of sp³-hybridized carbons (Fsp3) is 0.393. The van der Waals surface area contributed by atoms with E-state index in [-0.39, 0.29) is 29.7 Å². The molecule has 1 aliphatic carbocycles. The first-order valence-corrected chi connectivity index (χ1v) is 13.7. The maximum atomic E-state index is 14.7. The Balaban J connectivity index is 1.07. The lowest BCUT2D eigenvalue weighted by Crippen LogP contribution is -2.54. The number of carbonyl (C=O) groups excluding carboxylic acids is 4. The molecule has 1 saturated carbocycles. The highest BCUT2D eigenvalue weighted by atomic mass is 19.1. The largest absolute Gasteiger partial charge is 0.384 e. The maximum Gasteiger partial charge on any atom is 0.264 e. The van der Waals surface area contributed by atoms with Crippen LogP contribution >= 0.6 is 0 Å². The lowest BCUT2D eigenvalue weighted by Gasteiger charge is -2.27. The molecular weight excluding hydrogens is 531 g/mol. The minimum absolute atomic E-state index is 0.0606. The lowest BCUT2D eigenvalue weighted by atomic mass is 10.0. The summed E-state index contributed by atoms with van der Waals surface area (Å²) in [5, 5.41) is 12.8. The third-order valence-corrected chi connectivity index (χ3v) is 7.66. The van der Waals surface area contributed by atoms with Crippen LogP contribution < -0.4 is 16.0 Å². The molecule has 1 saturated heterocycles. The highest BCUT2D eigenvalue weighted by Gasteiger charge is 2.45. The van der Waals surface area contributed by atoms with Crippen molar-refractivity contribution in [1.82, 2.24) is 30.0 Å². The standard InChI is InChI=1S/C28H29FN8O4/c1-36-21(12-15-6-7-15)17(13-33-36)24-18(29)14-32-28(35-24)31-11-3-10-30-19-5-2-4-16-23(19)27(41)37(26(16)40)20-8-9-22(38)34-25(20)39/h2,4-5,13-15,20,30H,3,6-12H2,1H3,(H,31,32,35)(H,34,38,39). The molecule has 2 aromatic heterocycles. The Kier molecular flexibility index (Phi) is 6.93. The molecule has 3 aliphatic rings. The normalized spacial score (nSPS) is 18.5. The zero-order valence-electron chi connectivity index (χ0n) is 22.4. The summed E-state index contributed by atoms with van der Waals surface area (Å²) in [4.78, 5) is 59.5. The zero-order chi connectivity index (χ0) is 28.7. The van der Waals surface area contributed by atoms with E-state index in [2.05, 4.69) is 31.0 Å². The van der Waals surface area contributed by atoms with Gasteiger partial charge in [0.2, 0.25) is 17.8 Å². The minimum atomic E-state index is -1.02. The monoisotopic (exact) mass is 560 g/mol. The molecule has 3 N–H and O–H groups in total. The molecular formula is C28H29FN8O4. The Bertz CT molecular complexity index is 1570. The SMILES string of the molecule is Cn1ncc(-c2nc(NCCCNc3cccc4c3C(=O)N(C3CCC(=O)NC3=O)C4=O)ncc2F)c1CC1CC1. The second-order valence-electron chi connectivity index (χ2n) is 10.5. The summed E-state index contributed by atoms with van der Waals surface area (Å²) in [6, 6.07) is 3.90. The van der Waals surface area contributed by atoms with E-state index in [4.69, 9.17) is 0 Å². The van der Waals surface area contributed by atoms with E-state index >= 15 is 0 Å². The predicted octanol–water partition coefficient (Wildman–Crippen LogP) is 2.28. The number of nitrogens with zero attached hydrogens (tertiary/aromatic N) is 5. The molecule has 1 aromatic carbocycles. The molecule has 4 amide bonds. The van der Waals surface area contributed by atoms with Gasteiger partial charge in [0.05, 0.1) is 23.5 Å². The molecule has 0 bridgehead atoms. The van der Waals surface area contributed by atoms with Crippen molar-refractivity contribution in [1.29, 1.82) is 0 Å². The third kappa shape index (κ3) is 5.14. The maximum absolute atomic E-state index is 14.7. The van der Waals surface area contributed by atoms with Crippen LogP contribution in [0.2, 0.25) is 0 Å². The smallest absolute Gasteiger partial charge is 0.264 e. The van der Waals surface area contributed by atoms with Crippen LogP contribution in [0.4, 0.5) is 16.0 Å². The van der Waals surface area contributed by atoms with Gasteiger partial charge in [-0.05, 0) is 50.2 Å². The Hall–Kier alpha value is -4.68. The number of benzene rings is 1. The van der Waals surface area contributed by atoms with E-state index in [1.54, 1.807) is 29.1 Å². The number of imide groups is 2. The van der Waals surface area contributed by atoms with Gasteiger partial charge in [0.1, 0.15) is 11.7 Å². The van der Waals surface area contributed by atoms with Crippen LogP contribution in [-0.4, -0.2) is 67.4 Å². The molecule has 12 nitrogen and oxygen atoms in total. The third-order valence-electron chi connectivity index (χ3n) is 7.66. The second kappa shape index (κ2) is 10.7. The lowest BCUT2D eigenvalue weighted by molar-refractivity contribution is -0.136. The van der Waals surface area contributed by atoms with Crippen LogP contribution in [0.3, 0.4) is 0 Å². The van der Waals surface area contributed by atoms with E-state index in [1.807, 2.05) is 7.05 Å². The number of aryl methyl sites for hydroxylation is 1. The van der Waals surface area contributed by atoms with Crippen molar-refractivity contribution >= 4 is 35.3 Å². The molecule has 2 aliphatic heterocycles. The molecule has 0 spiro atoms. The van der Waals surface area contributed by atoms with Gasteiger partial charge in [-0.25, -0.2) is 14.4 Å². The van der Waals surface area contributed by atoms with Gasteiger partial charge < -0.3 is 10.6 Å². The summed E-state index contributed by atoms with van der Waals surface area (Å²) < 4.78 is 16.5. The van der Waals surface area contributed by atoms with Crippen molar-refractivity contribution in [3.63, 3.8) is 0 Å². The van der Waals surface area contributed by atoms with E-state index in [0.29, 0.717) is 42.6 Å². The fourth-order valence-corrected chi connectivity index (χ4v) is 5.31. The Labute approximate surface area is 234 Å². The first-order valence-electron chi connectivity index (χ1n) is 13.7. The quantitative estimate of drug-likeness (QED) is 0.251. The van der Waals surface area contributed by atoms with E-state index < -0.39 is 35.5 Å². The molecule has 4 heterocycles. The summed E-state index contributed by atoms with van der Waals surface area (Å²) >= 11 is 0. The van der Waals surface area contributed by atoms with E-state index in [9.17, 15) is 23.6 Å². The summed E-state index contributed by atoms with van der Waals surface area (Å²) in [5.74, 6) is -1.79. The van der Waals surface area contributed by atoms with Gasteiger partial charge in [-0.3, -0.25) is 34.1 Å². The average Bonchev–Trinajstić information content (AvgIpc) is 3.65. The number of hydrogen-bond acceptors (Lipinski definition) is 9. The second-order valence-corrected chi connectivity index (χ2v) is 10.5. The number of anilines is 2. The number of carbonyl (C=O) groups is 4. The van der Waals surface area contributed by atoms with Gasteiger partial charge in [-0.2, -0.15) is 5.10 Å². The number of aromatic nitrogens is 4. The number of nitrogens with one attached hydrogen (secondary N) is 3. The number of piperidine rings is 1. The van der Waals surface area contributed by atoms with Crippen LogP contribution in [-0.2, 0) is 23.1 Å². The van der Waals surface area contributed by atoms with Crippen molar-refractivity contribution < 1.29 is 23.6 Å². The number of hydrogen-bond donors (Lipinski definition) is 3. The Morgan fingerprint density at radius 2 is 1.83 bits per heavy atom. The van der Waals surface area contributed by atoms with Crippen molar-refractivity contribution in [2.75, 3.05) is 23.7 Å². The van der Waals surface area contributed by atoms with Crippen LogP contribution in [0.15, 0.2) is 30.6 Å². The van der Waals surface area contributed by atoms with Crippen LogP contribution in [0, 0.1) is 11.7 Å². The summed E-state index contributed by atoms with van der Waals surface area (Å²) in [6.07, 6.45) is 6.73. The molecule has 13 heteroatoms. The summed E-state index contributed by atoms with van der Waals surface area (Å²) in [5.41, 5.74) is 2.75. The van der Waals surface area contributed by atoms with Crippen LogP contribution in [0.1, 0.15) is 58.5 Å². The van der Waals surface area contributed by atoms with Gasteiger partial charge in [0.25, 0.3) is 11.8 Å². The minimum Gasteiger partial charge on any atom is -0.384 e. The number of halogens is 1. The van der Waals surface area contributed by atoms with Crippen molar-refractivity contribution in [2.24, 2.45) is 13.0 Å². The van der Waals surface area contributed by atoms with Gasteiger partial charge in [-0.15, -0.1) is 0 Å². The first kappa shape index (κ1) is 26.5. The van der Waals surface area contributed by atoms with E-state index in [0.717, 1.165) is 23.2 Å². The fourth-order valence-electron chi connectivity index (χ4n) is 5.31. The molecule has 3 aromatic rings. The van der Waals surface area contributed by atoms with Crippen molar-refractivity contribution in [3.05, 3.63) is 53.2 Å². The highest BCUT2D eigenvalue weighted by molar-refractivity contribution is 6.25. The highest BCUT2D eigenvalue weighted by Crippen LogP contribution is 2.36. The summed E-state index contributed by atoms with van der Waals surface area (Å²) in [7, 11) is 1.85. The van der Waals surface area contributed by atoms with E-state index in [1.165, 1.54) is 12.8 Å².